The lowest BCUT2D eigenvalue weighted by Crippen LogP contribution is -1.89. The Labute approximate surface area is 98.9 Å². The quantitative estimate of drug-likeness (QED) is 0.627. The van der Waals surface area contributed by atoms with E-state index in [1.54, 1.807) is 22.7 Å². The minimum Gasteiger partial charge on any atom is -0.298 e. The molecule has 0 saturated heterocycles. The highest BCUT2D eigenvalue weighted by molar-refractivity contribution is 5.78. The Morgan fingerprint density at radius 3 is 3.06 bits per heavy atom. The fourth-order valence-electron chi connectivity index (χ4n) is 1.75. The van der Waals surface area contributed by atoms with Crippen LogP contribution in [-0.4, -0.2) is 20.9 Å². The zero-order valence-corrected chi connectivity index (χ0v) is 8.87. The van der Waals surface area contributed by atoms with Gasteiger partial charge >= 0.3 is 0 Å². The SMILES string of the molecule is [2H]C(=O)c1cccc(-c2ccc3ncnn3c2)c1. The third-order valence-corrected chi connectivity index (χ3v) is 2.59. The first kappa shape index (κ1) is 8.64. The summed E-state index contributed by atoms with van der Waals surface area (Å²) >= 11 is 0. The highest BCUT2D eigenvalue weighted by atomic mass is 16.1. The van der Waals surface area contributed by atoms with Crippen LogP contribution >= 0.6 is 0 Å². The maximum atomic E-state index is 11.0. The monoisotopic (exact) mass is 224 g/mol. The standard InChI is InChI=1S/C13H9N3O/c17-8-10-2-1-3-11(6-10)12-4-5-13-14-9-15-16(13)7-12/h1-9H/i8D. The van der Waals surface area contributed by atoms with Crippen LogP contribution in [0.2, 0.25) is 0 Å². The molecule has 0 N–H and O–H groups in total. The maximum absolute atomic E-state index is 11.0. The molecular formula is C13H9N3O. The lowest BCUT2D eigenvalue weighted by Gasteiger charge is -2.02. The van der Waals surface area contributed by atoms with Crippen molar-refractivity contribution >= 4 is 11.9 Å². The van der Waals surface area contributed by atoms with Gasteiger partial charge in [-0.25, -0.2) is 9.50 Å². The Morgan fingerprint density at radius 2 is 2.18 bits per heavy atom. The van der Waals surface area contributed by atoms with E-state index in [1.807, 2.05) is 24.4 Å². The molecule has 0 atom stereocenters. The van der Waals surface area contributed by atoms with Crippen molar-refractivity contribution < 1.29 is 6.17 Å². The van der Waals surface area contributed by atoms with Gasteiger partial charge in [0.15, 0.2) is 5.65 Å². The summed E-state index contributed by atoms with van der Waals surface area (Å²) < 4.78 is 8.79. The summed E-state index contributed by atoms with van der Waals surface area (Å²) in [6.07, 6.45) is 2.65. The molecular weight excluding hydrogens is 214 g/mol. The van der Waals surface area contributed by atoms with Crippen molar-refractivity contribution in [1.82, 2.24) is 14.6 Å². The average Bonchev–Trinajstić information content (AvgIpc) is 2.86. The van der Waals surface area contributed by atoms with Crippen LogP contribution in [0.4, 0.5) is 0 Å². The van der Waals surface area contributed by atoms with Crippen LogP contribution in [0, 0.1) is 0 Å². The first-order chi connectivity index (χ1) is 8.74. The molecule has 0 saturated carbocycles. The molecule has 1 aromatic carbocycles. The molecule has 0 spiro atoms. The van der Waals surface area contributed by atoms with Gasteiger partial charge in [-0.15, -0.1) is 0 Å². The van der Waals surface area contributed by atoms with Crippen LogP contribution in [0.5, 0.6) is 0 Å². The molecule has 0 bridgehead atoms. The van der Waals surface area contributed by atoms with Crippen LogP contribution in [0.15, 0.2) is 48.9 Å². The van der Waals surface area contributed by atoms with E-state index in [0.29, 0.717) is 5.56 Å². The number of hydrogen-bond acceptors (Lipinski definition) is 3. The molecule has 0 amide bonds. The second kappa shape index (κ2) is 3.83. The molecule has 17 heavy (non-hydrogen) atoms. The van der Waals surface area contributed by atoms with E-state index in [2.05, 4.69) is 10.1 Å². The number of benzene rings is 1. The Bertz CT molecular complexity index is 736. The summed E-state index contributed by atoms with van der Waals surface area (Å²) in [5.74, 6) is 0. The molecule has 3 rings (SSSR count). The number of aldehydes is 1. The maximum Gasteiger partial charge on any atom is 0.155 e. The number of rotatable bonds is 2. The van der Waals surface area contributed by atoms with Crippen molar-refractivity contribution in [3.8, 4) is 11.1 Å². The Balaban J connectivity index is 2.13. The molecule has 0 unspecified atom stereocenters. The van der Waals surface area contributed by atoms with E-state index < -0.39 is 6.26 Å². The van der Waals surface area contributed by atoms with Crippen molar-refractivity contribution in [3.05, 3.63) is 54.5 Å². The number of pyridine rings is 1. The summed E-state index contributed by atoms with van der Waals surface area (Å²) in [6.45, 7) is 0. The van der Waals surface area contributed by atoms with Crippen LogP contribution in [0.3, 0.4) is 0 Å². The molecule has 0 aliphatic rings. The predicted octanol–water partition coefficient (Wildman–Crippen LogP) is 2.21. The first-order valence-electron chi connectivity index (χ1n) is 5.65. The van der Waals surface area contributed by atoms with Gasteiger partial charge in [-0.05, 0) is 23.8 Å². The third-order valence-electron chi connectivity index (χ3n) is 2.59. The van der Waals surface area contributed by atoms with Crippen molar-refractivity contribution in [2.45, 2.75) is 0 Å². The normalized spacial score (nSPS) is 11.4. The van der Waals surface area contributed by atoms with Gasteiger partial charge in [0.1, 0.15) is 14.0 Å². The van der Waals surface area contributed by atoms with E-state index in [4.69, 9.17) is 1.37 Å². The topological polar surface area (TPSA) is 47.3 Å². The van der Waals surface area contributed by atoms with Gasteiger partial charge in [-0.1, -0.05) is 18.2 Å². The molecule has 4 nitrogen and oxygen atoms in total. The van der Waals surface area contributed by atoms with Gasteiger partial charge in [-0.2, -0.15) is 5.10 Å². The number of carbonyl (C=O) groups is 1. The summed E-state index contributed by atoms with van der Waals surface area (Å²) in [4.78, 5) is 15.1. The second-order valence-corrected chi connectivity index (χ2v) is 3.66. The minimum atomic E-state index is -0.682. The number of aromatic nitrogens is 3. The van der Waals surface area contributed by atoms with Gasteiger partial charge in [0, 0.05) is 17.3 Å². The highest BCUT2D eigenvalue weighted by Crippen LogP contribution is 2.20. The number of hydrogen-bond donors (Lipinski definition) is 0. The first-order valence-corrected chi connectivity index (χ1v) is 5.15. The van der Waals surface area contributed by atoms with Crippen molar-refractivity contribution in [2.24, 2.45) is 0 Å². The van der Waals surface area contributed by atoms with Crippen LogP contribution < -0.4 is 0 Å². The lowest BCUT2D eigenvalue weighted by molar-refractivity contribution is 0.112. The average molecular weight is 224 g/mol. The smallest absolute Gasteiger partial charge is 0.155 e. The molecule has 82 valence electrons. The summed E-state index contributed by atoms with van der Waals surface area (Å²) in [5, 5.41) is 4.06. The Kier molecular flexibility index (Phi) is 1.94. The molecule has 0 aliphatic carbocycles. The van der Waals surface area contributed by atoms with Gasteiger partial charge in [0.2, 0.25) is 0 Å². The minimum absolute atomic E-state index is 0.381. The lowest BCUT2D eigenvalue weighted by atomic mass is 10.1. The fraction of sp³-hybridized carbons (Fsp3) is 0. The zero-order valence-electron chi connectivity index (χ0n) is 9.87. The number of nitrogens with zero attached hydrogens (tertiary/aromatic N) is 3. The summed E-state index contributed by atoms with van der Waals surface area (Å²) in [5.41, 5.74) is 2.96. The molecule has 2 heterocycles. The van der Waals surface area contributed by atoms with E-state index in [-0.39, 0.29) is 0 Å². The van der Waals surface area contributed by atoms with Crippen LogP contribution in [0.25, 0.3) is 16.8 Å². The van der Waals surface area contributed by atoms with E-state index in [9.17, 15) is 4.79 Å². The van der Waals surface area contributed by atoms with Gasteiger partial charge < -0.3 is 0 Å². The van der Waals surface area contributed by atoms with Gasteiger partial charge in [0.05, 0.1) is 0 Å². The zero-order chi connectivity index (χ0) is 12.5. The van der Waals surface area contributed by atoms with Crippen LogP contribution in [0.1, 0.15) is 11.7 Å². The van der Waals surface area contributed by atoms with E-state index >= 15 is 0 Å². The van der Waals surface area contributed by atoms with Crippen molar-refractivity contribution in [1.29, 1.82) is 0 Å². The van der Waals surface area contributed by atoms with Gasteiger partial charge in [-0.3, -0.25) is 4.79 Å². The second-order valence-electron chi connectivity index (χ2n) is 3.66. The molecule has 0 fully saturated rings. The highest BCUT2D eigenvalue weighted by Gasteiger charge is 2.01. The molecule has 2 aromatic heterocycles. The Hall–Kier alpha value is -2.49. The van der Waals surface area contributed by atoms with Crippen molar-refractivity contribution in [3.63, 3.8) is 0 Å². The summed E-state index contributed by atoms with van der Waals surface area (Å²) in [7, 11) is 0. The van der Waals surface area contributed by atoms with E-state index in [1.165, 1.54) is 6.33 Å². The number of fused-ring (bicyclic) bond motifs is 1. The van der Waals surface area contributed by atoms with Gasteiger partial charge in [0.25, 0.3) is 0 Å². The third kappa shape index (κ3) is 1.69. The molecule has 4 heteroatoms. The largest absolute Gasteiger partial charge is 0.298 e. The van der Waals surface area contributed by atoms with E-state index in [0.717, 1.165) is 16.8 Å². The Morgan fingerprint density at radius 1 is 1.24 bits per heavy atom. The molecule has 0 aliphatic heterocycles. The predicted molar refractivity (Wildman–Crippen MR) is 63.8 cm³/mol. The van der Waals surface area contributed by atoms with Crippen LogP contribution in [-0.2, 0) is 0 Å². The van der Waals surface area contributed by atoms with Crippen molar-refractivity contribution in [2.75, 3.05) is 0 Å². The molecule has 0 radical (unpaired) electrons. The summed E-state index contributed by atoms with van der Waals surface area (Å²) in [6, 6.07) is 10.8. The number of carbonyl (C=O) groups excluding carboxylic acids is 1. The fourth-order valence-corrected chi connectivity index (χ4v) is 1.75. The molecule has 3 aromatic rings.